The van der Waals surface area contributed by atoms with Gasteiger partial charge >= 0.3 is 12.1 Å². The lowest BCUT2D eigenvalue weighted by Gasteiger charge is -2.26. The Balaban J connectivity index is 2.54. The van der Waals surface area contributed by atoms with Gasteiger partial charge in [-0.25, -0.2) is 9.59 Å². The van der Waals surface area contributed by atoms with Gasteiger partial charge in [-0.15, -0.1) is 0 Å². The minimum Gasteiger partial charge on any atom is -0.458 e. The first kappa shape index (κ1) is 21.6. The molecule has 0 aromatic carbocycles. The Kier molecular flexibility index (Phi) is 8.05. The maximum atomic E-state index is 12.4. The fraction of sp³-hybridized carbons (Fsp3) is 0.824. The van der Waals surface area contributed by atoms with Crippen molar-refractivity contribution in [3.8, 4) is 0 Å². The number of nitrogens with one attached hydrogen (secondary N) is 2. The van der Waals surface area contributed by atoms with E-state index in [1.807, 2.05) is 0 Å². The Morgan fingerprint density at radius 1 is 1.16 bits per heavy atom. The molecule has 0 radical (unpaired) electrons. The average molecular weight is 374 g/mol. The van der Waals surface area contributed by atoms with Crippen LogP contribution in [-0.2, 0) is 14.3 Å². The van der Waals surface area contributed by atoms with Crippen LogP contribution in [0.25, 0.3) is 0 Å². The first-order valence-corrected chi connectivity index (χ1v) is 9.58. The van der Waals surface area contributed by atoms with Crippen LogP contribution in [0.15, 0.2) is 4.99 Å². The van der Waals surface area contributed by atoms with Crippen molar-refractivity contribution in [3.05, 3.63) is 0 Å². The van der Waals surface area contributed by atoms with Gasteiger partial charge in [-0.2, -0.15) is 0 Å². The lowest BCUT2D eigenvalue weighted by molar-refractivity contribution is -0.157. The Labute approximate surface area is 154 Å². The molecule has 0 bridgehead atoms. The van der Waals surface area contributed by atoms with Gasteiger partial charge in [0.15, 0.2) is 5.17 Å². The van der Waals surface area contributed by atoms with E-state index in [0.29, 0.717) is 19.4 Å². The number of aliphatic imine (C=N–C) groups is 1. The molecule has 1 unspecified atom stereocenters. The van der Waals surface area contributed by atoms with Gasteiger partial charge in [0.05, 0.1) is 6.54 Å². The second kappa shape index (κ2) is 9.31. The predicted octanol–water partition coefficient (Wildman–Crippen LogP) is 2.69. The molecule has 0 aromatic rings. The number of esters is 1. The van der Waals surface area contributed by atoms with E-state index >= 15 is 0 Å². The zero-order valence-corrected chi connectivity index (χ0v) is 16.9. The SMILES string of the molecule is CC(C)(C)OC(=O)NC(CCCNC1=NCCS1)C(=O)OC(C)(C)C. The van der Waals surface area contributed by atoms with Crippen molar-refractivity contribution in [1.29, 1.82) is 0 Å². The van der Waals surface area contributed by atoms with Crippen LogP contribution in [0.3, 0.4) is 0 Å². The highest BCUT2D eigenvalue weighted by Gasteiger charge is 2.28. The van der Waals surface area contributed by atoms with E-state index in [-0.39, 0.29) is 0 Å². The van der Waals surface area contributed by atoms with E-state index in [9.17, 15) is 9.59 Å². The van der Waals surface area contributed by atoms with Crippen molar-refractivity contribution in [1.82, 2.24) is 10.6 Å². The molecular weight excluding hydrogens is 342 g/mol. The second-order valence-corrected chi connectivity index (χ2v) is 8.92. The van der Waals surface area contributed by atoms with Crippen LogP contribution in [0.5, 0.6) is 0 Å². The third kappa shape index (κ3) is 10.2. The van der Waals surface area contributed by atoms with Crippen LogP contribution in [0, 0.1) is 0 Å². The molecule has 0 aliphatic carbocycles. The minimum absolute atomic E-state index is 0.453. The van der Waals surface area contributed by atoms with Crippen LogP contribution in [-0.4, -0.2) is 53.3 Å². The van der Waals surface area contributed by atoms with Crippen LogP contribution in [0.2, 0.25) is 0 Å². The van der Waals surface area contributed by atoms with Gasteiger partial charge in [0.25, 0.3) is 0 Å². The summed E-state index contributed by atoms with van der Waals surface area (Å²) >= 11 is 1.69. The fourth-order valence-electron chi connectivity index (χ4n) is 2.02. The van der Waals surface area contributed by atoms with Crippen molar-refractivity contribution in [2.75, 3.05) is 18.8 Å². The molecule has 1 rings (SSSR count). The summed E-state index contributed by atoms with van der Waals surface area (Å²) in [7, 11) is 0. The molecular formula is C17H31N3O4S. The topological polar surface area (TPSA) is 89.0 Å². The number of thioether (sulfide) groups is 1. The van der Waals surface area contributed by atoms with Crippen LogP contribution < -0.4 is 10.6 Å². The van der Waals surface area contributed by atoms with Crippen molar-refractivity contribution >= 4 is 29.0 Å². The fourth-order valence-corrected chi connectivity index (χ4v) is 2.78. The molecule has 0 aromatic heterocycles. The number of carbonyl (C=O) groups excluding carboxylic acids is 2. The van der Waals surface area contributed by atoms with Gasteiger partial charge in [-0.1, -0.05) is 11.8 Å². The maximum absolute atomic E-state index is 12.4. The summed E-state index contributed by atoms with van der Waals surface area (Å²) in [5.74, 6) is 0.550. The molecule has 0 fully saturated rings. The van der Waals surface area contributed by atoms with Crippen molar-refractivity contribution in [2.24, 2.45) is 4.99 Å². The number of alkyl carbamates (subject to hydrolysis) is 1. The highest BCUT2D eigenvalue weighted by molar-refractivity contribution is 8.14. The Hall–Kier alpha value is -1.44. The highest BCUT2D eigenvalue weighted by Crippen LogP contribution is 2.13. The number of hydrogen-bond donors (Lipinski definition) is 2. The van der Waals surface area contributed by atoms with E-state index in [4.69, 9.17) is 9.47 Å². The second-order valence-electron chi connectivity index (χ2n) is 7.84. The van der Waals surface area contributed by atoms with E-state index in [2.05, 4.69) is 15.6 Å². The van der Waals surface area contributed by atoms with Crippen LogP contribution in [0.1, 0.15) is 54.4 Å². The molecule has 0 spiro atoms. The third-order valence-electron chi connectivity index (χ3n) is 2.91. The lowest BCUT2D eigenvalue weighted by atomic mass is 10.1. The standard InChI is InChI=1S/C17H31N3O4S/c1-16(2,3)23-13(21)12(20-15(22)24-17(4,5)6)8-7-9-18-14-19-10-11-25-14/h12H,7-11H2,1-6H3,(H,18,19)(H,20,22). The molecule has 144 valence electrons. The van der Waals surface area contributed by atoms with Gasteiger partial charge in [0.1, 0.15) is 17.2 Å². The van der Waals surface area contributed by atoms with Gasteiger partial charge < -0.3 is 20.1 Å². The lowest BCUT2D eigenvalue weighted by Crippen LogP contribution is -2.46. The van der Waals surface area contributed by atoms with E-state index in [0.717, 1.165) is 17.5 Å². The molecule has 2 N–H and O–H groups in total. The summed E-state index contributed by atoms with van der Waals surface area (Å²) < 4.78 is 10.6. The molecule has 1 atom stereocenters. The first-order valence-electron chi connectivity index (χ1n) is 8.60. The summed E-state index contributed by atoms with van der Waals surface area (Å²) in [5, 5.41) is 6.80. The van der Waals surface area contributed by atoms with Gasteiger partial charge in [-0.05, 0) is 54.4 Å². The molecule has 8 heteroatoms. The van der Waals surface area contributed by atoms with Gasteiger partial charge in [0.2, 0.25) is 0 Å². The minimum atomic E-state index is -0.742. The molecule has 0 saturated heterocycles. The summed E-state index contributed by atoms with van der Waals surface area (Å²) in [6.45, 7) is 12.2. The van der Waals surface area contributed by atoms with Gasteiger partial charge in [0, 0.05) is 12.3 Å². The largest absolute Gasteiger partial charge is 0.458 e. The van der Waals surface area contributed by atoms with Crippen molar-refractivity contribution in [2.45, 2.75) is 71.6 Å². The van der Waals surface area contributed by atoms with Crippen molar-refractivity contribution < 1.29 is 19.1 Å². The third-order valence-corrected chi connectivity index (χ3v) is 3.85. The van der Waals surface area contributed by atoms with E-state index in [1.165, 1.54) is 0 Å². The number of amides is 1. The zero-order valence-electron chi connectivity index (χ0n) is 16.1. The van der Waals surface area contributed by atoms with Gasteiger partial charge in [-0.3, -0.25) is 4.99 Å². The number of carbonyl (C=O) groups is 2. The summed E-state index contributed by atoms with van der Waals surface area (Å²) in [5.41, 5.74) is -1.24. The number of hydrogen-bond acceptors (Lipinski definition) is 7. The molecule has 1 aliphatic rings. The zero-order chi connectivity index (χ0) is 19.1. The Bertz CT molecular complexity index is 495. The molecule has 1 heterocycles. The van der Waals surface area contributed by atoms with Crippen LogP contribution in [0.4, 0.5) is 4.79 Å². The Morgan fingerprint density at radius 2 is 1.80 bits per heavy atom. The molecule has 1 aliphatic heterocycles. The molecule has 1 amide bonds. The van der Waals surface area contributed by atoms with E-state index < -0.39 is 29.3 Å². The molecule has 7 nitrogen and oxygen atoms in total. The number of ether oxygens (including phenoxy) is 2. The summed E-state index contributed by atoms with van der Waals surface area (Å²) in [6, 6.07) is -0.742. The highest BCUT2D eigenvalue weighted by atomic mass is 32.2. The quantitative estimate of drug-likeness (QED) is 0.550. The van der Waals surface area contributed by atoms with E-state index in [1.54, 1.807) is 53.3 Å². The van der Waals surface area contributed by atoms with Crippen molar-refractivity contribution in [3.63, 3.8) is 0 Å². The number of nitrogens with zero attached hydrogens (tertiary/aromatic N) is 1. The first-order chi connectivity index (χ1) is 11.5. The summed E-state index contributed by atoms with van der Waals surface area (Å²) in [6.07, 6.45) is 0.533. The number of amidine groups is 1. The Morgan fingerprint density at radius 3 is 2.32 bits per heavy atom. The number of rotatable bonds is 6. The maximum Gasteiger partial charge on any atom is 0.408 e. The normalized spacial score (nSPS) is 16.0. The van der Waals surface area contributed by atoms with Crippen LogP contribution >= 0.6 is 11.8 Å². The predicted molar refractivity (Wildman–Crippen MR) is 101 cm³/mol. The smallest absolute Gasteiger partial charge is 0.408 e. The average Bonchev–Trinajstić information content (AvgIpc) is 2.91. The molecule has 0 saturated carbocycles. The summed E-state index contributed by atoms with van der Waals surface area (Å²) in [4.78, 5) is 28.7. The monoisotopic (exact) mass is 373 g/mol. The molecule has 25 heavy (non-hydrogen) atoms.